The molecule has 3 rings (SSSR count). The largest absolute Gasteiger partial charge is 0.391 e. The average Bonchev–Trinajstić information content (AvgIpc) is 3.10. The first-order chi connectivity index (χ1) is 9.74. The molecule has 2 fully saturated rings. The van der Waals surface area contributed by atoms with Gasteiger partial charge in [0.15, 0.2) is 0 Å². The molecule has 4 nitrogen and oxygen atoms in total. The molecule has 0 aromatic heterocycles. The SMILES string of the molecule is O=C(C[C@@H]1C=CCC1)N1CCN([C@H]2CCC[C@H]2O)CC1. The lowest BCUT2D eigenvalue weighted by Crippen LogP contribution is -2.53. The first-order valence-corrected chi connectivity index (χ1v) is 8.10. The number of nitrogens with zero attached hydrogens (tertiary/aromatic N) is 2. The van der Waals surface area contributed by atoms with E-state index in [-0.39, 0.29) is 6.10 Å². The predicted octanol–water partition coefficient (Wildman–Crippen LogP) is 1.40. The molecule has 0 unspecified atom stereocenters. The van der Waals surface area contributed by atoms with Crippen molar-refractivity contribution < 1.29 is 9.90 Å². The van der Waals surface area contributed by atoms with Crippen LogP contribution in [0.2, 0.25) is 0 Å². The van der Waals surface area contributed by atoms with Crippen molar-refractivity contribution in [2.45, 2.75) is 50.7 Å². The van der Waals surface area contributed by atoms with Crippen LogP contribution in [-0.2, 0) is 4.79 Å². The van der Waals surface area contributed by atoms with Gasteiger partial charge < -0.3 is 10.0 Å². The second kappa shape index (κ2) is 6.27. The maximum absolute atomic E-state index is 12.3. The monoisotopic (exact) mass is 278 g/mol. The molecule has 4 heteroatoms. The molecule has 3 aliphatic rings. The fraction of sp³-hybridized carbons (Fsp3) is 0.812. The van der Waals surface area contributed by atoms with Crippen molar-refractivity contribution in [3.05, 3.63) is 12.2 Å². The van der Waals surface area contributed by atoms with Crippen LogP contribution >= 0.6 is 0 Å². The normalized spacial score (nSPS) is 34.9. The Morgan fingerprint density at radius 1 is 1.15 bits per heavy atom. The quantitative estimate of drug-likeness (QED) is 0.794. The molecule has 112 valence electrons. The third-order valence-corrected chi connectivity index (χ3v) is 5.13. The van der Waals surface area contributed by atoms with Crippen LogP contribution in [0, 0.1) is 5.92 Å². The molecule has 20 heavy (non-hydrogen) atoms. The van der Waals surface area contributed by atoms with Crippen molar-refractivity contribution >= 4 is 5.91 Å². The van der Waals surface area contributed by atoms with Crippen LogP contribution < -0.4 is 0 Å². The number of piperazine rings is 1. The number of carbonyl (C=O) groups excluding carboxylic acids is 1. The Labute approximate surface area is 121 Å². The highest BCUT2D eigenvalue weighted by atomic mass is 16.3. The molecule has 1 aliphatic heterocycles. The minimum atomic E-state index is -0.152. The number of hydrogen-bond donors (Lipinski definition) is 1. The lowest BCUT2D eigenvalue weighted by atomic mass is 10.0. The number of amides is 1. The summed E-state index contributed by atoms with van der Waals surface area (Å²) in [7, 11) is 0. The smallest absolute Gasteiger partial charge is 0.223 e. The molecule has 0 bridgehead atoms. The molecule has 1 saturated carbocycles. The van der Waals surface area contributed by atoms with Gasteiger partial charge in [-0.25, -0.2) is 0 Å². The minimum Gasteiger partial charge on any atom is -0.391 e. The number of carbonyl (C=O) groups is 1. The number of hydrogen-bond acceptors (Lipinski definition) is 3. The molecule has 0 spiro atoms. The second-order valence-corrected chi connectivity index (χ2v) is 6.45. The van der Waals surface area contributed by atoms with Gasteiger partial charge in [-0.05, 0) is 38.0 Å². The van der Waals surface area contributed by atoms with E-state index in [9.17, 15) is 9.90 Å². The summed E-state index contributed by atoms with van der Waals surface area (Å²) in [5.41, 5.74) is 0. The van der Waals surface area contributed by atoms with Gasteiger partial charge in [0.25, 0.3) is 0 Å². The number of rotatable bonds is 3. The van der Waals surface area contributed by atoms with E-state index in [0.717, 1.165) is 58.3 Å². The van der Waals surface area contributed by atoms with Crippen LogP contribution in [0.1, 0.15) is 38.5 Å². The maximum atomic E-state index is 12.3. The first kappa shape index (κ1) is 14.1. The zero-order chi connectivity index (χ0) is 13.9. The van der Waals surface area contributed by atoms with Gasteiger partial charge in [-0.1, -0.05) is 12.2 Å². The highest BCUT2D eigenvalue weighted by molar-refractivity contribution is 5.76. The van der Waals surface area contributed by atoms with Crippen molar-refractivity contribution in [3.63, 3.8) is 0 Å². The Balaban J connectivity index is 1.45. The highest BCUT2D eigenvalue weighted by Crippen LogP contribution is 2.26. The molecule has 1 saturated heterocycles. The van der Waals surface area contributed by atoms with E-state index >= 15 is 0 Å². The van der Waals surface area contributed by atoms with Crippen molar-refractivity contribution in [1.82, 2.24) is 9.80 Å². The molecule has 1 amide bonds. The van der Waals surface area contributed by atoms with Gasteiger partial charge in [0.2, 0.25) is 5.91 Å². The minimum absolute atomic E-state index is 0.152. The van der Waals surface area contributed by atoms with Crippen LogP contribution in [-0.4, -0.2) is 59.1 Å². The number of allylic oxidation sites excluding steroid dienone is 2. The summed E-state index contributed by atoms with van der Waals surface area (Å²) < 4.78 is 0. The zero-order valence-corrected chi connectivity index (χ0v) is 12.2. The van der Waals surface area contributed by atoms with Gasteiger partial charge >= 0.3 is 0 Å². The summed E-state index contributed by atoms with van der Waals surface area (Å²) >= 11 is 0. The topological polar surface area (TPSA) is 43.8 Å². The van der Waals surface area contributed by atoms with Crippen LogP contribution in [0.3, 0.4) is 0 Å². The van der Waals surface area contributed by atoms with Gasteiger partial charge in [-0.2, -0.15) is 0 Å². The standard InChI is InChI=1S/C16H26N2O2/c19-15-7-3-6-14(15)17-8-10-18(11-9-17)16(20)12-13-4-1-2-5-13/h1,4,13-15,19H,2-3,5-12H2/t13-,14+,15-/m1/s1. The molecular formula is C16H26N2O2. The fourth-order valence-corrected chi connectivity index (χ4v) is 3.87. The van der Waals surface area contributed by atoms with Crippen LogP contribution in [0.5, 0.6) is 0 Å². The van der Waals surface area contributed by atoms with E-state index in [0.29, 0.717) is 24.3 Å². The molecule has 0 radical (unpaired) electrons. The van der Waals surface area contributed by atoms with Crippen LogP contribution in [0.15, 0.2) is 12.2 Å². The molecule has 2 aliphatic carbocycles. The fourth-order valence-electron chi connectivity index (χ4n) is 3.87. The third kappa shape index (κ3) is 3.07. The Morgan fingerprint density at radius 3 is 2.55 bits per heavy atom. The molecular weight excluding hydrogens is 252 g/mol. The third-order valence-electron chi connectivity index (χ3n) is 5.13. The van der Waals surface area contributed by atoms with E-state index in [4.69, 9.17) is 0 Å². The van der Waals surface area contributed by atoms with E-state index in [1.54, 1.807) is 0 Å². The number of aliphatic hydroxyl groups is 1. The summed E-state index contributed by atoms with van der Waals surface area (Å²) in [6.07, 6.45) is 10.4. The molecule has 1 heterocycles. The van der Waals surface area contributed by atoms with E-state index in [1.807, 2.05) is 4.90 Å². The molecule has 0 aromatic rings. The van der Waals surface area contributed by atoms with E-state index in [1.165, 1.54) is 0 Å². The van der Waals surface area contributed by atoms with Gasteiger partial charge in [0.1, 0.15) is 0 Å². The van der Waals surface area contributed by atoms with Crippen LogP contribution in [0.4, 0.5) is 0 Å². The van der Waals surface area contributed by atoms with Crippen LogP contribution in [0.25, 0.3) is 0 Å². The van der Waals surface area contributed by atoms with Gasteiger partial charge in [0.05, 0.1) is 6.10 Å². The molecule has 3 atom stereocenters. The Kier molecular flexibility index (Phi) is 4.41. The number of aliphatic hydroxyl groups excluding tert-OH is 1. The van der Waals surface area contributed by atoms with Gasteiger partial charge in [-0.15, -0.1) is 0 Å². The van der Waals surface area contributed by atoms with Crippen molar-refractivity contribution in [2.24, 2.45) is 5.92 Å². The summed E-state index contributed by atoms with van der Waals surface area (Å²) in [6, 6.07) is 0.338. The Morgan fingerprint density at radius 2 is 1.95 bits per heavy atom. The Hall–Kier alpha value is -0.870. The lowest BCUT2D eigenvalue weighted by Gasteiger charge is -2.39. The maximum Gasteiger partial charge on any atom is 0.223 e. The van der Waals surface area contributed by atoms with Crippen molar-refractivity contribution in [1.29, 1.82) is 0 Å². The second-order valence-electron chi connectivity index (χ2n) is 6.45. The van der Waals surface area contributed by atoms with E-state index < -0.39 is 0 Å². The summed E-state index contributed by atoms with van der Waals surface area (Å²) in [4.78, 5) is 16.7. The summed E-state index contributed by atoms with van der Waals surface area (Å²) in [5.74, 6) is 0.783. The molecule has 0 aromatic carbocycles. The summed E-state index contributed by atoms with van der Waals surface area (Å²) in [6.45, 7) is 3.51. The lowest BCUT2D eigenvalue weighted by molar-refractivity contribution is -0.134. The van der Waals surface area contributed by atoms with Gasteiger partial charge in [0, 0.05) is 38.6 Å². The summed E-state index contributed by atoms with van der Waals surface area (Å²) in [5, 5.41) is 9.98. The zero-order valence-electron chi connectivity index (χ0n) is 12.2. The highest BCUT2D eigenvalue weighted by Gasteiger charge is 2.33. The van der Waals surface area contributed by atoms with Crippen molar-refractivity contribution in [2.75, 3.05) is 26.2 Å². The first-order valence-electron chi connectivity index (χ1n) is 8.10. The predicted molar refractivity (Wildman–Crippen MR) is 78.3 cm³/mol. The van der Waals surface area contributed by atoms with E-state index in [2.05, 4.69) is 17.1 Å². The Bertz CT molecular complexity index is 375. The van der Waals surface area contributed by atoms with Gasteiger partial charge in [-0.3, -0.25) is 9.69 Å². The van der Waals surface area contributed by atoms with Crippen molar-refractivity contribution in [3.8, 4) is 0 Å². The average molecular weight is 278 g/mol. The molecule has 1 N–H and O–H groups in total.